The van der Waals surface area contributed by atoms with Crippen molar-refractivity contribution in [3.05, 3.63) is 23.8 Å². The second kappa shape index (κ2) is 5.27. The van der Waals surface area contributed by atoms with Crippen LogP contribution in [0.5, 0.6) is 0 Å². The lowest BCUT2D eigenvalue weighted by Crippen LogP contribution is -2.51. The topological polar surface area (TPSA) is 78.7 Å². The van der Waals surface area contributed by atoms with Crippen LogP contribution in [-0.4, -0.2) is 49.4 Å². The maximum Gasteiger partial charge on any atom is 0.251 e. The number of nitrogens with two attached hydrogens (primary N) is 1. The van der Waals surface area contributed by atoms with E-state index in [9.17, 15) is 9.59 Å². The van der Waals surface area contributed by atoms with Crippen LogP contribution < -0.4 is 16.0 Å². The molecule has 0 spiro atoms. The highest BCUT2D eigenvalue weighted by Gasteiger charge is 2.35. The lowest BCUT2D eigenvalue weighted by Gasteiger charge is -2.39. The van der Waals surface area contributed by atoms with Gasteiger partial charge in [0.25, 0.3) is 5.91 Å². The van der Waals surface area contributed by atoms with Gasteiger partial charge in [-0.15, -0.1) is 0 Å². The van der Waals surface area contributed by atoms with Gasteiger partial charge in [-0.3, -0.25) is 9.59 Å². The molecule has 0 bridgehead atoms. The Morgan fingerprint density at radius 2 is 2.19 bits per heavy atom. The molecule has 21 heavy (non-hydrogen) atoms. The lowest BCUT2D eigenvalue weighted by molar-refractivity contribution is -0.129. The summed E-state index contributed by atoms with van der Waals surface area (Å²) in [6.45, 7) is 2.27. The van der Waals surface area contributed by atoms with Gasteiger partial charge in [0.1, 0.15) is 0 Å². The van der Waals surface area contributed by atoms with Crippen LogP contribution in [0, 0.1) is 0 Å². The summed E-state index contributed by atoms with van der Waals surface area (Å²) < 4.78 is 0. The molecule has 6 heteroatoms. The van der Waals surface area contributed by atoms with Crippen molar-refractivity contribution in [1.82, 2.24) is 10.2 Å². The molecule has 1 unspecified atom stereocenters. The Morgan fingerprint density at radius 3 is 2.95 bits per heavy atom. The molecule has 2 saturated heterocycles. The molecule has 1 aromatic rings. The molecule has 0 aromatic heterocycles. The molecule has 3 N–H and O–H groups in total. The number of carbonyl (C=O) groups is 2. The van der Waals surface area contributed by atoms with Crippen molar-refractivity contribution < 1.29 is 9.59 Å². The predicted octanol–water partition coefficient (Wildman–Crippen LogP) is 0.439. The molecule has 0 saturated carbocycles. The van der Waals surface area contributed by atoms with E-state index in [-0.39, 0.29) is 17.9 Å². The van der Waals surface area contributed by atoms with Crippen molar-refractivity contribution in [2.75, 3.05) is 37.3 Å². The fraction of sp³-hybridized carbons (Fsp3) is 0.467. The quantitative estimate of drug-likeness (QED) is 0.774. The molecule has 2 fully saturated rings. The molecule has 0 radical (unpaired) electrons. The van der Waals surface area contributed by atoms with Gasteiger partial charge < -0.3 is 20.9 Å². The molecule has 112 valence electrons. The fourth-order valence-electron chi connectivity index (χ4n) is 3.19. The maximum absolute atomic E-state index is 11.8. The number of anilines is 2. The third-order valence-electron chi connectivity index (χ3n) is 4.35. The monoisotopic (exact) mass is 288 g/mol. The summed E-state index contributed by atoms with van der Waals surface area (Å²) in [6.07, 6.45) is 1.55. The van der Waals surface area contributed by atoms with Gasteiger partial charge in [-0.2, -0.15) is 0 Å². The molecular weight excluding hydrogens is 268 g/mol. The Kier molecular flexibility index (Phi) is 3.45. The van der Waals surface area contributed by atoms with E-state index in [1.165, 1.54) is 0 Å². The van der Waals surface area contributed by atoms with Crippen molar-refractivity contribution in [3.8, 4) is 0 Å². The van der Waals surface area contributed by atoms with Crippen LogP contribution in [0.3, 0.4) is 0 Å². The van der Waals surface area contributed by atoms with Crippen molar-refractivity contribution >= 4 is 23.2 Å². The summed E-state index contributed by atoms with van der Waals surface area (Å²) in [4.78, 5) is 27.6. The highest BCUT2D eigenvalue weighted by Crippen LogP contribution is 2.30. The molecule has 1 aromatic carbocycles. The second-order valence-electron chi connectivity index (χ2n) is 5.58. The number of rotatable bonds is 2. The Balaban J connectivity index is 1.84. The summed E-state index contributed by atoms with van der Waals surface area (Å²) in [7, 11) is 1.61. The SMILES string of the molecule is CNC(=O)c1ccc(N)c(N2CCN3C(=O)CCC3C2)c1. The molecule has 6 nitrogen and oxygen atoms in total. The molecule has 0 aliphatic carbocycles. The Bertz CT molecular complexity index is 587. The minimum absolute atomic E-state index is 0.120. The third-order valence-corrected chi connectivity index (χ3v) is 4.35. The van der Waals surface area contributed by atoms with Crippen molar-refractivity contribution in [2.45, 2.75) is 18.9 Å². The normalized spacial score (nSPS) is 21.4. The summed E-state index contributed by atoms with van der Waals surface area (Å²) >= 11 is 0. The molecule has 2 heterocycles. The van der Waals surface area contributed by atoms with E-state index in [2.05, 4.69) is 10.2 Å². The predicted molar refractivity (Wildman–Crippen MR) is 81.2 cm³/mol. The Hall–Kier alpha value is -2.24. The first-order valence-electron chi connectivity index (χ1n) is 7.26. The number of hydrogen-bond donors (Lipinski definition) is 2. The molecule has 3 rings (SSSR count). The summed E-state index contributed by atoms with van der Waals surface area (Å²) in [5.41, 5.74) is 8.23. The minimum atomic E-state index is -0.120. The van der Waals surface area contributed by atoms with E-state index in [0.29, 0.717) is 17.7 Å². The molecule has 2 amide bonds. The molecule has 2 aliphatic heterocycles. The fourth-order valence-corrected chi connectivity index (χ4v) is 3.19. The number of benzene rings is 1. The summed E-state index contributed by atoms with van der Waals surface area (Å²) in [5, 5.41) is 2.62. The zero-order valence-electron chi connectivity index (χ0n) is 12.1. The van der Waals surface area contributed by atoms with Crippen LogP contribution in [0.15, 0.2) is 18.2 Å². The molecule has 1 atom stereocenters. The number of nitrogen functional groups attached to an aromatic ring is 1. The lowest BCUT2D eigenvalue weighted by atomic mass is 10.1. The number of nitrogens with zero attached hydrogens (tertiary/aromatic N) is 2. The standard InChI is InChI=1S/C15H20N4O2/c1-17-15(21)10-2-4-12(16)13(8-10)18-6-7-19-11(9-18)3-5-14(19)20/h2,4,8,11H,3,5-7,9,16H2,1H3,(H,17,21). The van der Waals surface area contributed by atoms with Gasteiger partial charge >= 0.3 is 0 Å². The third kappa shape index (κ3) is 2.41. The van der Waals surface area contributed by atoms with Crippen LogP contribution in [0.4, 0.5) is 11.4 Å². The van der Waals surface area contributed by atoms with Gasteiger partial charge in [0, 0.05) is 44.7 Å². The summed E-state index contributed by atoms with van der Waals surface area (Å²) in [5.74, 6) is 0.137. The second-order valence-corrected chi connectivity index (χ2v) is 5.58. The van der Waals surface area contributed by atoms with E-state index >= 15 is 0 Å². The van der Waals surface area contributed by atoms with Crippen molar-refractivity contribution in [3.63, 3.8) is 0 Å². The van der Waals surface area contributed by atoms with Gasteiger partial charge in [-0.05, 0) is 24.6 Å². The number of nitrogens with one attached hydrogen (secondary N) is 1. The highest BCUT2D eigenvalue weighted by atomic mass is 16.2. The van der Waals surface area contributed by atoms with E-state index in [1.807, 2.05) is 11.0 Å². The van der Waals surface area contributed by atoms with Gasteiger partial charge in [0.2, 0.25) is 5.91 Å². The van der Waals surface area contributed by atoms with Crippen LogP contribution >= 0.6 is 0 Å². The van der Waals surface area contributed by atoms with Crippen LogP contribution in [0.1, 0.15) is 23.2 Å². The maximum atomic E-state index is 11.8. The molecule has 2 aliphatic rings. The minimum Gasteiger partial charge on any atom is -0.397 e. The van der Waals surface area contributed by atoms with Crippen molar-refractivity contribution in [1.29, 1.82) is 0 Å². The average molecular weight is 288 g/mol. The van der Waals surface area contributed by atoms with E-state index in [1.54, 1.807) is 19.2 Å². The summed E-state index contributed by atoms with van der Waals surface area (Å²) in [6, 6.07) is 5.61. The van der Waals surface area contributed by atoms with E-state index in [0.717, 1.165) is 31.7 Å². The zero-order chi connectivity index (χ0) is 15.0. The smallest absolute Gasteiger partial charge is 0.251 e. The number of fused-ring (bicyclic) bond motifs is 1. The Labute approximate surface area is 123 Å². The number of carbonyl (C=O) groups excluding carboxylic acids is 2. The van der Waals surface area contributed by atoms with Gasteiger partial charge in [-0.25, -0.2) is 0 Å². The molecular formula is C15H20N4O2. The van der Waals surface area contributed by atoms with Gasteiger partial charge in [-0.1, -0.05) is 0 Å². The first kappa shape index (κ1) is 13.7. The first-order chi connectivity index (χ1) is 10.1. The largest absolute Gasteiger partial charge is 0.397 e. The number of hydrogen-bond acceptors (Lipinski definition) is 4. The first-order valence-corrected chi connectivity index (χ1v) is 7.26. The van der Waals surface area contributed by atoms with Crippen LogP contribution in [0.25, 0.3) is 0 Å². The highest BCUT2D eigenvalue weighted by molar-refractivity contribution is 5.96. The zero-order valence-corrected chi connectivity index (χ0v) is 12.1. The van der Waals surface area contributed by atoms with Gasteiger partial charge in [0.05, 0.1) is 11.4 Å². The average Bonchev–Trinajstić information content (AvgIpc) is 2.88. The number of piperazine rings is 1. The van der Waals surface area contributed by atoms with Gasteiger partial charge in [0.15, 0.2) is 0 Å². The van der Waals surface area contributed by atoms with Crippen LogP contribution in [0.2, 0.25) is 0 Å². The van der Waals surface area contributed by atoms with Crippen molar-refractivity contribution in [2.24, 2.45) is 0 Å². The van der Waals surface area contributed by atoms with Crippen LogP contribution in [-0.2, 0) is 4.79 Å². The van der Waals surface area contributed by atoms with E-state index in [4.69, 9.17) is 5.73 Å². The van der Waals surface area contributed by atoms with E-state index < -0.39 is 0 Å². The Morgan fingerprint density at radius 1 is 1.38 bits per heavy atom. The number of amides is 2.